The minimum Gasteiger partial charge on any atom is -0.497 e. The van der Waals surface area contributed by atoms with E-state index in [2.05, 4.69) is 42.5 Å². The molecule has 0 unspecified atom stereocenters. The number of furan rings is 2. The lowest BCUT2D eigenvalue weighted by atomic mass is 9.98. The lowest BCUT2D eigenvalue weighted by Crippen LogP contribution is -1.84. The average molecular weight is 366 g/mol. The molecule has 0 aliphatic heterocycles. The van der Waals surface area contributed by atoms with E-state index >= 15 is 0 Å². The van der Waals surface area contributed by atoms with E-state index < -0.39 is 0 Å². The maximum absolute atomic E-state index is 5.86. The minimum atomic E-state index is 0.721. The molecule has 2 heterocycles. The predicted octanol–water partition coefficient (Wildman–Crippen LogP) is 7.04. The highest BCUT2D eigenvalue weighted by molar-refractivity contribution is 5.91. The van der Waals surface area contributed by atoms with Gasteiger partial charge in [0.2, 0.25) is 0 Å². The third-order valence-electron chi connectivity index (χ3n) is 5.00. The second-order valence-electron chi connectivity index (χ2n) is 6.62. The van der Waals surface area contributed by atoms with Gasteiger partial charge in [0.15, 0.2) is 11.5 Å². The van der Waals surface area contributed by atoms with Gasteiger partial charge >= 0.3 is 0 Å². The van der Waals surface area contributed by atoms with Crippen LogP contribution in [0.1, 0.15) is 0 Å². The minimum absolute atomic E-state index is 0.721. The van der Waals surface area contributed by atoms with Gasteiger partial charge in [-0.1, -0.05) is 48.5 Å². The molecule has 5 rings (SSSR count). The number of hydrogen-bond acceptors (Lipinski definition) is 3. The maximum atomic E-state index is 5.86. The van der Waals surface area contributed by atoms with Gasteiger partial charge in [-0.3, -0.25) is 0 Å². The molecule has 0 spiro atoms. The Kier molecular flexibility index (Phi) is 3.99. The van der Waals surface area contributed by atoms with E-state index in [-0.39, 0.29) is 0 Å². The van der Waals surface area contributed by atoms with Crippen molar-refractivity contribution in [3.63, 3.8) is 0 Å². The Hall–Kier alpha value is -3.72. The summed E-state index contributed by atoms with van der Waals surface area (Å²) >= 11 is 0. The first-order valence-corrected chi connectivity index (χ1v) is 9.12. The fraction of sp³-hybridized carbons (Fsp3) is 0.0400. The molecule has 28 heavy (non-hydrogen) atoms. The highest BCUT2D eigenvalue weighted by Crippen LogP contribution is 2.40. The third-order valence-corrected chi connectivity index (χ3v) is 5.00. The molecule has 0 N–H and O–H groups in total. The zero-order valence-electron chi connectivity index (χ0n) is 15.4. The third kappa shape index (κ3) is 2.78. The molecular weight excluding hydrogens is 348 g/mol. The van der Waals surface area contributed by atoms with Crippen LogP contribution >= 0.6 is 0 Å². The van der Waals surface area contributed by atoms with Gasteiger partial charge in [-0.2, -0.15) is 0 Å². The van der Waals surface area contributed by atoms with Gasteiger partial charge in [0.25, 0.3) is 0 Å². The van der Waals surface area contributed by atoms with Crippen molar-refractivity contribution in [1.82, 2.24) is 0 Å². The molecule has 3 nitrogen and oxygen atoms in total. The molecule has 136 valence electrons. The molecule has 0 fully saturated rings. The number of hydrogen-bond donors (Lipinski definition) is 0. The van der Waals surface area contributed by atoms with E-state index in [0.29, 0.717) is 0 Å². The lowest BCUT2D eigenvalue weighted by Gasteiger charge is -2.06. The Morgan fingerprint density at radius 3 is 1.89 bits per heavy atom. The first-order valence-electron chi connectivity index (χ1n) is 9.12. The molecule has 0 saturated carbocycles. The van der Waals surface area contributed by atoms with E-state index in [1.807, 2.05) is 36.4 Å². The monoisotopic (exact) mass is 366 g/mol. The molecule has 0 saturated heterocycles. The molecular formula is C25H18O3. The largest absolute Gasteiger partial charge is 0.497 e. The van der Waals surface area contributed by atoms with Crippen LogP contribution in [0.3, 0.4) is 0 Å². The van der Waals surface area contributed by atoms with Crippen molar-refractivity contribution in [3.8, 4) is 39.5 Å². The van der Waals surface area contributed by atoms with Crippen molar-refractivity contribution in [1.29, 1.82) is 0 Å². The summed E-state index contributed by atoms with van der Waals surface area (Å²) < 4.78 is 17.0. The summed E-state index contributed by atoms with van der Waals surface area (Å²) in [5.41, 5.74) is 4.14. The highest BCUT2D eigenvalue weighted by atomic mass is 16.5. The second-order valence-corrected chi connectivity index (χ2v) is 6.62. The highest BCUT2D eigenvalue weighted by Gasteiger charge is 2.19. The summed E-state index contributed by atoms with van der Waals surface area (Å²) in [6.07, 6.45) is 3.40. The summed E-state index contributed by atoms with van der Waals surface area (Å²) in [7, 11) is 1.66. The van der Waals surface area contributed by atoms with Gasteiger partial charge in [0.1, 0.15) is 5.75 Å². The van der Waals surface area contributed by atoms with Crippen molar-refractivity contribution in [2.45, 2.75) is 0 Å². The molecule has 3 aromatic carbocycles. The van der Waals surface area contributed by atoms with Crippen molar-refractivity contribution in [3.05, 3.63) is 91.4 Å². The summed E-state index contributed by atoms with van der Waals surface area (Å²) in [4.78, 5) is 0. The fourth-order valence-electron chi connectivity index (χ4n) is 3.55. The Labute approximate surface area is 162 Å². The molecule has 0 radical (unpaired) electrons. The van der Waals surface area contributed by atoms with Crippen molar-refractivity contribution in [2.75, 3.05) is 7.11 Å². The van der Waals surface area contributed by atoms with Gasteiger partial charge < -0.3 is 13.6 Å². The van der Waals surface area contributed by atoms with Crippen LogP contribution in [0.2, 0.25) is 0 Å². The van der Waals surface area contributed by atoms with Gasteiger partial charge in [-0.05, 0) is 52.2 Å². The van der Waals surface area contributed by atoms with Crippen LogP contribution in [-0.2, 0) is 0 Å². The topological polar surface area (TPSA) is 35.5 Å². The quantitative estimate of drug-likeness (QED) is 0.342. The zero-order valence-corrected chi connectivity index (χ0v) is 15.4. The van der Waals surface area contributed by atoms with Crippen LogP contribution in [0, 0.1) is 0 Å². The average Bonchev–Trinajstić information content (AvgIpc) is 3.42. The van der Waals surface area contributed by atoms with Gasteiger partial charge in [0.05, 0.1) is 19.6 Å². The molecule has 0 aliphatic carbocycles. The summed E-state index contributed by atoms with van der Waals surface area (Å²) in [6, 6.07) is 26.6. The van der Waals surface area contributed by atoms with E-state index in [0.717, 1.165) is 39.5 Å². The van der Waals surface area contributed by atoms with E-state index in [1.54, 1.807) is 19.6 Å². The van der Waals surface area contributed by atoms with Gasteiger partial charge in [-0.15, -0.1) is 0 Å². The molecule has 3 heteroatoms. The predicted molar refractivity (Wildman–Crippen MR) is 111 cm³/mol. The van der Waals surface area contributed by atoms with Crippen LogP contribution in [0.4, 0.5) is 0 Å². The van der Waals surface area contributed by atoms with Crippen LogP contribution in [0.15, 0.2) is 100 Å². The van der Waals surface area contributed by atoms with E-state index in [4.69, 9.17) is 13.6 Å². The Morgan fingerprint density at radius 2 is 1.21 bits per heavy atom. The molecule has 0 atom stereocenters. The summed E-state index contributed by atoms with van der Waals surface area (Å²) in [6.45, 7) is 0. The first-order chi connectivity index (χ1) is 13.8. The fourth-order valence-corrected chi connectivity index (χ4v) is 3.55. The van der Waals surface area contributed by atoms with Crippen LogP contribution in [0.25, 0.3) is 44.5 Å². The van der Waals surface area contributed by atoms with Gasteiger partial charge in [-0.25, -0.2) is 0 Å². The number of rotatable bonds is 4. The molecule has 0 amide bonds. The lowest BCUT2D eigenvalue weighted by molar-refractivity contribution is 0.415. The maximum Gasteiger partial charge on any atom is 0.177 e. The SMILES string of the molecule is COc1ccc(-c2ccoc2-c2occc2-c2ccc3ccccc3c2)cc1. The summed E-state index contributed by atoms with van der Waals surface area (Å²) in [5.74, 6) is 2.27. The van der Waals surface area contributed by atoms with E-state index in [1.165, 1.54) is 10.8 Å². The smallest absolute Gasteiger partial charge is 0.177 e. The van der Waals surface area contributed by atoms with Crippen molar-refractivity contribution in [2.24, 2.45) is 0 Å². The standard InChI is InChI=1S/C25H18O3/c1-26-21-10-8-18(9-11-21)22-12-14-27-24(22)25-23(13-15-28-25)20-7-6-17-4-2-3-5-19(17)16-20/h2-16H,1H3. The van der Waals surface area contributed by atoms with Crippen molar-refractivity contribution < 1.29 is 13.6 Å². The number of fused-ring (bicyclic) bond motifs is 1. The molecule has 0 aliphatic rings. The molecule has 0 bridgehead atoms. The summed E-state index contributed by atoms with van der Waals surface area (Å²) in [5, 5.41) is 2.41. The first kappa shape index (κ1) is 16.5. The number of benzene rings is 3. The van der Waals surface area contributed by atoms with Crippen LogP contribution in [-0.4, -0.2) is 7.11 Å². The number of methoxy groups -OCH3 is 1. The Balaban J connectivity index is 1.60. The van der Waals surface area contributed by atoms with Gasteiger partial charge in [0, 0.05) is 11.1 Å². The van der Waals surface area contributed by atoms with Crippen molar-refractivity contribution >= 4 is 10.8 Å². The zero-order chi connectivity index (χ0) is 18.9. The molecule has 2 aromatic heterocycles. The van der Waals surface area contributed by atoms with Crippen LogP contribution in [0.5, 0.6) is 5.75 Å². The Bertz CT molecular complexity index is 1240. The Morgan fingerprint density at radius 1 is 0.607 bits per heavy atom. The number of ether oxygens (including phenoxy) is 1. The van der Waals surface area contributed by atoms with E-state index in [9.17, 15) is 0 Å². The molecule has 5 aromatic rings. The second kappa shape index (κ2) is 6.78. The normalized spacial score (nSPS) is 11.0. The van der Waals surface area contributed by atoms with Crippen LogP contribution < -0.4 is 4.74 Å².